The van der Waals surface area contributed by atoms with Gasteiger partial charge in [0.25, 0.3) is 6.43 Å². The van der Waals surface area contributed by atoms with Gasteiger partial charge in [0.05, 0.1) is 12.8 Å². The maximum Gasteiger partial charge on any atom is 0.263 e. The summed E-state index contributed by atoms with van der Waals surface area (Å²) in [5.41, 5.74) is 5.71. The monoisotopic (exact) mass is 173 g/mol. The molecule has 12 heavy (non-hydrogen) atoms. The summed E-state index contributed by atoms with van der Waals surface area (Å²) >= 11 is 0. The first-order valence-electron chi connectivity index (χ1n) is 3.36. The number of hydrogen-bond acceptors (Lipinski definition) is 2. The Balaban J connectivity index is 3.05. The van der Waals surface area contributed by atoms with Gasteiger partial charge in [-0.2, -0.15) is 0 Å². The number of ether oxygens (including phenoxy) is 1. The fourth-order valence-corrected chi connectivity index (χ4v) is 0.863. The first kappa shape index (κ1) is 8.77. The first-order chi connectivity index (χ1) is 5.65. The molecule has 66 valence electrons. The molecule has 0 amide bonds. The van der Waals surface area contributed by atoms with Crippen molar-refractivity contribution in [1.82, 2.24) is 0 Å². The molecular formula is C8H9F2NO. The predicted molar refractivity (Wildman–Crippen MR) is 42.4 cm³/mol. The van der Waals surface area contributed by atoms with E-state index in [4.69, 9.17) is 10.5 Å². The van der Waals surface area contributed by atoms with Crippen molar-refractivity contribution in [3.05, 3.63) is 23.8 Å². The highest BCUT2D eigenvalue weighted by Crippen LogP contribution is 2.27. The van der Waals surface area contributed by atoms with Gasteiger partial charge in [0.15, 0.2) is 0 Å². The van der Waals surface area contributed by atoms with Gasteiger partial charge in [-0.3, -0.25) is 0 Å². The van der Waals surface area contributed by atoms with Crippen LogP contribution in [0, 0.1) is 0 Å². The minimum absolute atomic E-state index is 0.0824. The molecule has 2 nitrogen and oxygen atoms in total. The molecule has 0 spiro atoms. The second-order valence-electron chi connectivity index (χ2n) is 2.30. The van der Waals surface area contributed by atoms with E-state index in [0.717, 1.165) is 0 Å². The van der Waals surface area contributed by atoms with Crippen molar-refractivity contribution in [3.8, 4) is 5.75 Å². The lowest BCUT2D eigenvalue weighted by Gasteiger charge is -2.06. The highest BCUT2D eigenvalue weighted by atomic mass is 19.3. The molecule has 0 unspecified atom stereocenters. The number of benzene rings is 1. The van der Waals surface area contributed by atoms with Crippen LogP contribution in [0.2, 0.25) is 0 Å². The third-order valence-corrected chi connectivity index (χ3v) is 1.51. The van der Waals surface area contributed by atoms with Crippen molar-refractivity contribution in [2.24, 2.45) is 0 Å². The minimum atomic E-state index is -2.49. The van der Waals surface area contributed by atoms with Crippen molar-refractivity contribution in [1.29, 1.82) is 0 Å². The van der Waals surface area contributed by atoms with Crippen LogP contribution >= 0.6 is 0 Å². The van der Waals surface area contributed by atoms with Crippen molar-refractivity contribution in [2.45, 2.75) is 6.43 Å². The van der Waals surface area contributed by atoms with Crippen LogP contribution in [0.1, 0.15) is 12.0 Å². The summed E-state index contributed by atoms with van der Waals surface area (Å²) in [6.07, 6.45) is -2.49. The topological polar surface area (TPSA) is 35.2 Å². The Morgan fingerprint density at radius 2 is 2.08 bits per heavy atom. The molecule has 0 atom stereocenters. The van der Waals surface area contributed by atoms with Crippen molar-refractivity contribution >= 4 is 5.69 Å². The van der Waals surface area contributed by atoms with Gasteiger partial charge in [0.1, 0.15) is 5.75 Å². The lowest BCUT2D eigenvalue weighted by Crippen LogP contribution is -1.94. The van der Waals surface area contributed by atoms with Gasteiger partial charge >= 0.3 is 0 Å². The minimum Gasteiger partial charge on any atom is -0.495 e. The van der Waals surface area contributed by atoms with Crippen LogP contribution in [0.5, 0.6) is 5.75 Å². The van der Waals surface area contributed by atoms with E-state index >= 15 is 0 Å². The fraction of sp³-hybridized carbons (Fsp3) is 0.250. The molecule has 2 N–H and O–H groups in total. The Morgan fingerprint density at radius 1 is 1.42 bits per heavy atom. The molecule has 0 heterocycles. The van der Waals surface area contributed by atoms with E-state index in [1.54, 1.807) is 0 Å². The summed E-state index contributed by atoms with van der Waals surface area (Å²) in [5, 5.41) is 0. The predicted octanol–water partition coefficient (Wildman–Crippen LogP) is 2.21. The van der Waals surface area contributed by atoms with Gasteiger partial charge < -0.3 is 10.5 Å². The molecule has 4 heteroatoms. The van der Waals surface area contributed by atoms with Crippen LogP contribution in [0.25, 0.3) is 0 Å². The molecule has 0 bridgehead atoms. The molecule has 1 aromatic carbocycles. The summed E-state index contributed by atoms with van der Waals surface area (Å²) < 4.78 is 29.0. The molecule has 0 fully saturated rings. The van der Waals surface area contributed by atoms with E-state index in [9.17, 15) is 8.78 Å². The summed E-state index contributed by atoms with van der Waals surface area (Å²) in [7, 11) is 1.39. The zero-order chi connectivity index (χ0) is 9.14. The molecule has 1 rings (SSSR count). The lowest BCUT2D eigenvalue weighted by atomic mass is 10.2. The molecule has 0 aromatic heterocycles. The number of anilines is 1. The van der Waals surface area contributed by atoms with E-state index in [0.29, 0.717) is 5.69 Å². The lowest BCUT2D eigenvalue weighted by molar-refractivity contribution is 0.151. The molecular weight excluding hydrogens is 164 g/mol. The molecule has 1 aromatic rings. The maximum atomic E-state index is 12.1. The second kappa shape index (κ2) is 3.38. The van der Waals surface area contributed by atoms with Crippen molar-refractivity contribution in [3.63, 3.8) is 0 Å². The van der Waals surface area contributed by atoms with Crippen LogP contribution < -0.4 is 10.5 Å². The third-order valence-electron chi connectivity index (χ3n) is 1.51. The van der Waals surface area contributed by atoms with E-state index < -0.39 is 6.43 Å². The van der Waals surface area contributed by atoms with Gasteiger partial charge in [-0.1, -0.05) is 6.07 Å². The van der Waals surface area contributed by atoms with Crippen LogP contribution in [0.3, 0.4) is 0 Å². The highest BCUT2D eigenvalue weighted by Gasteiger charge is 2.08. The number of alkyl halides is 2. The van der Waals surface area contributed by atoms with Crippen LogP contribution in [0.4, 0.5) is 14.5 Å². The van der Waals surface area contributed by atoms with Gasteiger partial charge in [-0.05, 0) is 12.1 Å². The Hall–Kier alpha value is -1.32. The Labute approximate surface area is 68.9 Å². The average molecular weight is 173 g/mol. The smallest absolute Gasteiger partial charge is 0.263 e. The van der Waals surface area contributed by atoms with Crippen molar-refractivity contribution < 1.29 is 13.5 Å². The summed E-state index contributed by atoms with van der Waals surface area (Å²) in [6.45, 7) is 0. The number of nitrogen functional groups attached to an aromatic ring is 1. The molecule has 0 saturated carbocycles. The normalized spacial score (nSPS) is 10.3. The Kier molecular flexibility index (Phi) is 2.47. The summed E-state index contributed by atoms with van der Waals surface area (Å²) in [4.78, 5) is 0. The van der Waals surface area contributed by atoms with E-state index in [2.05, 4.69) is 0 Å². The largest absolute Gasteiger partial charge is 0.495 e. The molecule has 0 saturated heterocycles. The Bertz CT molecular complexity index is 276. The number of hydrogen-bond donors (Lipinski definition) is 1. The summed E-state index contributed by atoms with van der Waals surface area (Å²) in [6, 6.07) is 3.92. The van der Waals surface area contributed by atoms with E-state index in [-0.39, 0.29) is 11.3 Å². The zero-order valence-electron chi connectivity index (χ0n) is 6.55. The van der Waals surface area contributed by atoms with Crippen molar-refractivity contribution in [2.75, 3.05) is 12.8 Å². The highest BCUT2D eigenvalue weighted by molar-refractivity contribution is 5.54. The number of methoxy groups -OCH3 is 1. The van der Waals surface area contributed by atoms with Gasteiger partial charge in [-0.15, -0.1) is 0 Å². The molecule has 0 aliphatic heterocycles. The number of nitrogens with two attached hydrogens (primary N) is 1. The molecule has 0 aliphatic carbocycles. The second-order valence-corrected chi connectivity index (χ2v) is 2.30. The molecule has 0 aliphatic rings. The first-order valence-corrected chi connectivity index (χ1v) is 3.36. The zero-order valence-corrected chi connectivity index (χ0v) is 6.55. The van der Waals surface area contributed by atoms with Gasteiger partial charge in [-0.25, -0.2) is 8.78 Å². The fourth-order valence-electron chi connectivity index (χ4n) is 0.863. The third kappa shape index (κ3) is 1.64. The van der Waals surface area contributed by atoms with Gasteiger partial charge in [0, 0.05) is 5.56 Å². The maximum absolute atomic E-state index is 12.1. The molecule has 0 radical (unpaired) electrons. The quantitative estimate of drug-likeness (QED) is 0.696. The summed E-state index contributed by atoms with van der Waals surface area (Å²) in [5.74, 6) is 0.285. The standard InChI is InChI=1S/C8H9F2NO/c1-12-7-4-5(8(9)10)2-3-6(7)11/h2-4,8H,11H2,1H3. The van der Waals surface area contributed by atoms with Crippen LogP contribution in [-0.4, -0.2) is 7.11 Å². The van der Waals surface area contributed by atoms with Crippen LogP contribution in [-0.2, 0) is 0 Å². The van der Waals surface area contributed by atoms with Crippen LogP contribution in [0.15, 0.2) is 18.2 Å². The number of halogens is 2. The van der Waals surface area contributed by atoms with E-state index in [1.807, 2.05) is 0 Å². The van der Waals surface area contributed by atoms with E-state index in [1.165, 1.54) is 25.3 Å². The van der Waals surface area contributed by atoms with Gasteiger partial charge in [0.2, 0.25) is 0 Å². The SMILES string of the molecule is COc1cc(C(F)F)ccc1N. The Morgan fingerprint density at radius 3 is 2.58 bits per heavy atom. The number of rotatable bonds is 2. The average Bonchev–Trinajstić information content (AvgIpc) is 2.05.